The second-order valence-corrected chi connectivity index (χ2v) is 6.20. The van der Waals surface area contributed by atoms with Crippen molar-refractivity contribution in [1.29, 1.82) is 0 Å². The SMILES string of the molecule is Cc1nc(NCC2NCCc3ccccc32)sc1C. The molecule has 100 valence electrons. The third-order valence-electron chi connectivity index (χ3n) is 3.70. The Labute approximate surface area is 118 Å². The average Bonchev–Trinajstić information content (AvgIpc) is 2.75. The van der Waals surface area contributed by atoms with Crippen molar-refractivity contribution in [2.75, 3.05) is 18.4 Å². The van der Waals surface area contributed by atoms with Crippen molar-refractivity contribution >= 4 is 16.5 Å². The second-order valence-electron chi connectivity index (χ2n) is 5.00. The molecular formula is C15H19N3S. The monoisotopic (exact) mass is 273 g/mol. The number of aromatic nitrogens is 1. The molecule has 0 radical (unpaired) electrons. The highest BCUT2D eigenvalue weighted by Crippen LogP contribution is 2.25. The number of nitrogens with one attached hydrogen (secondary N) is 2. The molecule has 1 atom stereocenters. The lowest BCUT2D eigenvalue weighted by atomic mass is 9.94. The Kier molecular flexibility index (Phi) is 3.53. The summed E-state index contributed by atoms with van der Waals surface area (Å²) in [5.74, 6) is 0. The Balaban J connectivity index is 1.71. The zero-order chi connectivity index (χ0) is 13.2. The summed E-state index contributed by atoms with van der Waals surface area (Å²) in [4.78, 5) is 5.82. The normalized spacial score (nSPS) is 18.1. The van der Waals surface area contributed by atoms with Crippen molar-refractivity contribution in [1.82, 2.24) is 10.3 Å². The van der Waals surface area contributed by atoms with Crippen molar-refractivity contribution in [2.45, 2.75) is 26.3 Å². The summed E-state index contributed by atoms with van der Waals surface area (Å²) < 4.78 is 0. The molecule has 2 N–H and O–H groups in total. The molecular weight excluding hydrogens is 254 g/mol. The van der Waals surface area contributed by atoms with Gasteiger partial charge in [-0.3, -0.25) is 0 Å². The highest BCUT2D eigenvalue weighted by Gasteiger charge is 2.19. The van der Waals surface area contributed by atoms with Gasteiger partial charge < -0.3 is 10.6 Å². The molecule has 1 aliphatic heterocycles. The standard InChI is InChI=1S/C15H19N3S/c1-10-11(2)19-15(18-10)17-9-14-13-6-4-3-5-12(13)7-8-16-14/h3-6,14,16H,7-9H2,1-2H3,(H,17,18). The third-order valence-corrected chi connectivity index (χ3v) is 4.73. The minimum absolute atomic E-state index is 0.384. The molecule has 2 heterocycles. The van der Waals surface area contributed by atoms with Crippen LogP contribution in [0.1, 0.15) is 27.7 Å². The van der Waals surface area contributed by atoms with Crippen LogP contribution in [0.15, 0.2) is 24.3 Å². The summed E-state index contributed by atoms with van der Waals surface area (Å²) in [5.41, 5.74) is 4.02. The average molecular weight is 273 g/mol. The van der Waals surface area contributed by atoms with Gasteiger partial charge in [-0.15, -0.1) is 11.3 Å². The fraction of sp³-hybridized carbons (Fsp3) is 0.400. The van der Waals surface area contributed by atoms with Crippen molar-refractivity contribution in [2.24, 2.45) is 0 Å². The van der Waals surface area contributed by atoms with Crippen LogP contribution in [0.3, 0.4) is 0 Å². The van der Waals surface area contributed by atoms with Crippen LogP contribution in [0, 0.1) is 13.8 Å². The molecule has 0 bridgehead atoms. The van der Waals surface area contributed by atoms with Crippen LogP contribution in [0.25, 0.3) is 0 Å². The van der Waals surface area contributed by atoms with Crippen LogP contribution < -0.4 is 10.6 Å². The minimum atomic E-state index is 0.384. The summed E-state index contributed by atoms with van der Waals surface area (Å²) in [6.07, 6.45) is 1.13. The largest absolute Gasteiger partial charge is 0.360 e. The van der Waals surface area contributed by atoms with Gasteiger partial charge in [0.25, 0.3) is 0 Å². The smallest absolute Gasteiger partial charge is 0.183 e. The Hall–Kier alpha value is -1.39. The van der Waals surface area contributed by atoms with E-state index in [1.165, 1.54) is 16.0 Å². The molecule has 19 heavy (non-hydrogen) atoms. The zero-order valence-electron chi connectivity index (χ0n) is 11.4. The van der Waals surface area contributed by atoms with Gasteiger partial charge in [0, 0.05) is 17.5 Å². The summed E-state index contributed by atoms with van der Waals surface area (Å²) in [6, 6.07) is 9.10. The molecule has 0 amide bonds. The van der Waals surface area contributed by atoms with Crippen molar-refractivity contribution in [3.63, 3.8) is 0 Å². The highest BCUT2D eigenvalue weighted by molar-refractivity contribution is 7.15. The first-order valence-corrected chi connectivity index (χ1v) is 7.55. The lowest BCUT2D eigenvalue weighted by molar-refractivity contribution is 0.523. The van der Waals surface area contributed by atoms with E-state index in [1.54, 1.807) is 11.3 Å². The van der Waals surface area contributed by atoms with Crippen LogP contribution in [-0.2, 0) is 6.42 Å². The van der Waals surface area contributed by atoms with Crippen LogP contribution in [0.4, 0.5) is 5.13 Å². The van der Waals surface area contributed by atoms with E-state index in [0.29, 0.717) is 6.04 Å². The topological polar surface area (TPSA) is 37.0 Å². The number of benzene rings is 1. The van der Waals surface area contributed by atoms with Gasteiger partial charge in [-0.25, -0.2) is 4.98 Å². The maximum absolute atomic E-state index is 4.53. The van der Waals surface area contributed by atoms with Crippen LogP contribution >= 0.6 is 11.3 Å². The molecule has 2 aromatic rings. The first-order valence-electron chi connectivity index (χ1n) is 6.73. The van der Waals surface area contributed by atoms with Gasteiger partial charge in [0.1, 0.15) is 0 Å². The Bertz CT molecular complexity index is 557. The van der Waals surface area contributed by atoms with E-state index in [-0.39, 0.29) is 0 Å². The molecule has 0 saturated carbocycles. The maximum Gasteiger partial charge on any atom is 0.183 e. The predicted molar refractivity (Wildman–Crippen MR) is 81.0 cm³/mol. The number of hydrogen-bond acceptors (Lipinski definition) is 4. The number of thiazole rings is 1. The van der Waals surface area contributed by atoms with Gasteiger partial charge in [0.05, 0.1) is 5.69 Å². The van der Waals surface area contributed by atoms with Crippen molar-refractivity contribution in [3.05, 3.63) is 46.0 Å². The van der Waals surface area contributed by atoms with Gasteiger partial charge >= 0.3 is 0 Å². The van der Waals surface area contributed by atoms with Gasteiger partial charge in [-0.05, 0) is 37.9 Å². The van der Waals surface area contributed by atoms with E-state index in [4.69, 9.17) is 0 Å². The Morgan fingerprint density at radius 3 is 3.00 bits per heavy atom. The lowest BCUT2D eigenvalue weighted by Gasteiger charge is -2.27. The molecule has 3 nitrogen and oxygen atoms in total. The molecule has 0 fully saturated rings. The third kappa shape index (κ3) is 2.65. The van der Waals surface area contributed by atoms with Crippen LogP contribution in [-0.4, -0.2) is 18.1 Å². The van der Waals surface area contributed by atoms with Gasteiger partial charge in [-0.1, -0.05) is 24.3 Å². The Morgan fingerprint density at radius 2 is 2.21 bits per heavy atom. The fourth-order valence-corrected chi connectivity index (χ4v) is 3.33. The lowest BCUT2D eigenvalue weighted by Crippen LogP contribution is -2.34. The molecule has 3 rings (SSSR count). The van der Waals surface area contributed by atoms with E-state index in [9.17, 15) is 0 Å². The quantitative estimate of drug-likeness (QED) is 0.902. The molecule has 0 saturated heterocycles. The first-order chi connectivity index (χ1) is 9.24. The number of nitrogens with zero attached hydrogens (tertiary/aromatic N) is 1. The van der Waals surface area contributed by atoms with Crippen LogP contribution in [0.5, 0.6) is 0 Å². The van der Waals surface area contributed by atoms with Gasteiger partial charge in [-0.2, -0.15) is 0 Å². The minimum Gasteiger partial charge on any atom is -0.360 e. The highest BCUT2D eigenvalue weighted by atomic mass is 32.1. The summed E-state index contributed by atoms with van der Waals surface area (Å²) in [5, 5.41) is 8.07. The molecule has 1 aromatic carbocycles. The summed E-state index contributed by atoms with van der Waals surface area (Å²) in [6.45, 7) is 6.13. The Morgan fingerprint density at radius 1 is 1.37 bits per heavy atom. The van der Waals surface area contributed by atoms with Crippen molar-refractivity contribution in [3.8, 4) is 0 Å². The van der Waals surface area contributed by atoms with E-state index in [1.807, 2.05) is 0 Å². The fourth-order valence-electron chi connectivity index (χ4n) is 2.51. The zero-order valence-corrected chi connectivity index (χ0v) is 12.2. The molecule has 1 aliphatic rings. The number of rotatable bonds is 3. The first kappa shape index (κ1) is 12.6. The number of hydrogen-bond donors (Lipinski definition) is 2. The van der Waals surface area contributed by atoms with E-state index >= 15 is 0 Å². The molecule has 4 heteroatoms. The molecule has 1 aromatic heterocycles. The van der Waals surface area contributed by atoms with E-state index in [0.717, 1.165) is 30.3 Å². The van der Waals surface area contributed by atoms with Gasteiger partial charge in [0.2, 0.25) is 0 Å². The number of fused-ring (bicyclic) bond motifs is 1. The predicted octanol–water partition coefficient (Wildman–Crippen LogP) is 3.06. The maximum atomic E-state index is 4.53. The van der Waals surface area contributed by atoms with Gasteiger partial charge in [0.15, 0.2) is 5.13 Å². The summed E-state index contributed by atoms with van der Waals surface area (Å²) >= 11 is 1.73. The molecule has 0 spiro atoms. The second kappa shape index (κ2) is 5.31. The number of anilines is 1. The van der Waals surface area contributed by atoms with Crippen LogP contribution in [0.2, 0.25) is 0 Å². The summed E-state index contributed by atoms with van der Waals surface area (Å²) in [7, 11) is 0. The molecule has 0 aliphatic carbocycles. The number of aryl methyl sites for hydroxylation is 2. The van der Waals surface area contributed by atoms with Crippen molar-refractivity contribution < 1.29 is 0 Å². The van der Waals surface area contributed by atoms with E-state index < -0.39 is 0 Å². The van der Waals surface area contributed by atoms with E-state index in [2.05, 4.69) is 53.7 Å². The molecule has 1 unspecified atom stereocenters.